The van der Waals surface area contributed by atoms with E-state index in [0.29, 0.717) is 13.2 Å². The van der Waals surface area contributed by atoms with E-state index in [0.717, 1.165) is 12.0 Å². The lowest BCUT2D eigenvalue weighted by Gasteiger charge is -2.32. The first-order valence-corrected chi connectivity index (χ1v) is 5.72. The highest BCUT2D eigenvalue weighted by molar-refractivity contribution is 5.37. The van der Waals surface area contributed by atoms with Gasteiger partial charge in [-0.15, -0.1) is 0 Å². The van der Waals surface area contributed by atoms with Gasteiger partial charge in [-0.05, 0) is 25.0 Å². The maximum absolute atomic E-state index is 12.0. The molecule has 0 aliphatic carbocycles. The normalized spacial score (nSPS) is 24.8. The van der Waals surface area contributed by atoms with E-state index in [1.165, 1.54) is 0 Å². The molecule has 0 bridgehead atoms. The van der Waals surface area contributed by atoms with Crippen LogP contribution in [0.25, 0.3) is 0 Å². The number of pyridine rings is 1. The number of nitrogen functional groups attached to an aromatic ring is 1. The van der Waals surface area contributed by atoms with Gasteiger partial charge in [-0.25, -0.2) is 0 Å². The molecule has 1 saturated heterocycles. The number of methoxy groups -OCH3 is 1. The minimum atomic E-state index is -0.173. The number of aryl methyl sites for hydroxylation is 1. The Balaban J connectivity index is 2.41. The Labute approximate surface area is 100 Å². The van der Waals surface area contributed by atoms with Gasteiger partial charge in [0.1, 0.15) is 0 Å². The number of anilines is 1. The van der Waals surface area contributed by atoms with Crippen LogP contribution in [0, 0.1) is 6.92 Å². The highest BCUT2D eigenvalue weighted by atomic mass is 16.5. The number of nitrogens with zero attached hydrogens (tertiary/aromatic N) is 1. The average Bonchev–Trinajstić information content (AvgIpc) is 2.33. The van der Waals surface area contributed by atoms with Crippen LogP contribution in [0.4, 0.5) is 5.69 Å². The molecule has 2 rings (SSSR count). The Morgan fingerprint density at radius 3 is 3.06 bits per heavy atom. The Bertz CT molecular complexity index is 456. The van der Waals surface area contributed by atoms with Gasteiger partial charge in [0.05, 0.1) is 24.4 Å². The van der Waals surface area contributed by atoms with E-state index in [-0.39, 0.29) is 23.4 Å². The standard InChI is InChI=1S/C12H18N2O3/c1-8-5-9(13)12(15)14(6-8)10-7-17-4-3-11(10)16-2/h5-6,10-11H,3-4,7,13H2,1-2H3/t10?,11-/m1/s1. The highest BCUT2D eigenvalue weighted by Crippen LogP contribution is 2.22. The Morgan fingerprint density at radius 2 is 2.35 bits per heavy atom. The van der Waals surface area contributed by atoms with Crippen molar-refractivity contribution in [2.75, 3.05) is 26.1 Å². The SMILES string of the molecule is CO[C@@H]1CCOCC1n1cc(C)cc(N)c1=O. The number of rotatable bonds is 2. The highest BCUT2D eigenvalue weighted by Gasteiger charge is 2.28. The van der Waals surface area contributed by atoms with E-state index >= 15 is 0 Å². The second-order valence-electron chi connectivity index (χ2n) is 4.39. The number of hydrogen-bond donors (Lipinski definition) is 1. The van der Waals surface area contributed by atoms with Gasteiger partial charge < -0.3 is 19.8 Å². The third-order valence-corrected chi connectivity index (χ3v) is 3.13. The maximum atomic E-state index is 12.0. The summed E-state index contributed by atoms with van der Waals surface area (Å²) >= 11 is 0. The summed E-state index contributed by atoms with van der Waals surface area (Å²) in [5.74, 6) is 0. The van der Waals surface area contributed by atoms with E-state index in [4.69, 9.17) is 15.2 Å². The molecule has 94 valence electrons. The molecule has 1 unspecified atom stereocenters. The molecule has 5 nitrogen and oxygen atoms in total. The van der Waals surface area contributed by atoms with Crippen LogP contribution < -0.4 is 11.3 Å². The van der Waals surface area contributed by atoms with E-state index < -0.39 is 0 Å². The zero-order chi connectivity index (χ0) is 12.4. The molecule has 0 radical (unpaired) electrons. The summed E-state index contributed by atoms with van der Waals surface area (Å²) in [6.07, 6.45) is 2.61. The predicted octanol–water partition coefficient (Wildman–Crippen LogP) is 0.715. The summed E-state index contributed by atoms with van der Waals surface area (Å²) in [5.41, 5.74) is 6.76. The van der Waals surface area contributed by atoms with Crippen LogP contribution in [-0.2, 0) is 9.47 Å². The van der Waals surface area contributed by atoms with Crippen molar-refractivity contribution in [1.29, 1.82) is 0 Å². The molecule has 2 heterocycles. The summed E-state index contributed by atoms with van der Waals surface area (Å²) in [7, 11) is 1.66. The van der Waals surface area contributed by atoms with Crippen molar-refractivity contribution in [3.8, 4) is 0 Å². The number of aromatic nitrogens is 1. The predicted molar refractivity (Wildman–Crippen MR) is 65.1 cm³/mol. The van der Waals surface area contributed by atoms with Crippen molar-refractivity contribution < 1.29 is 9.47 Å². The Morgan fingerprint density at radius 1 is 1.59 bits per heavy atom. The summed E-state index contributed by atoms with van der Waals surface area (Å²) in [6.45, 7) is 3.07. The molecular weight excluding hydrogens is 220 g/mol. The molecule has 5 heteroatoms. The van der Waals surface area contributed by atoms with Crippen molar-refractivity contribution in [2.24, 2.45) is 0 Å². The van der Waals surface area contributed by atoms with Crippen molar-refractivity contribution in [1.82, 2.24) is 4.57 Å². The van der Waals surface area contributed by atoms with Crippen LogP contribution in [0.5, 0.6) is 0 Å². The molecule has 17 heavy (non-hydrogen) atoms. The molecule has 0 aromatic carbocycles. The summed E-state index contributed by atoms with van der Waals surface area (Å²) in [5, 5.41) is 0. The topological polar surface area (TPSA) is 66.5 Å². The van der Waals surface area contributed by atoms with Crippen molar-refractivity contribution >= 4 is 5.69 Å². The molecule has 2 N–H and O–H groups in total. The molecular formula is C12H18N2O3. The zero-order valence-electron chi connectivity index (χ0n) is 10.2. The Kier molecular flexibility index (Phi) is 3.49. The van der Waals surface area contributed by atoms with E-state index in [2.05, 4.69) is 0 Å². The fourth-order valence-electron chi connectivity index (χ4n) is 2.26. The summed E-state index contributed by atoms with van der Waals surface area (Å²) in [6, 6.07) is 1.59. The fraction of sp³-hybridized carbons (Fsp3) is 0.583. The molecule has 1 aromatic heterocycles. The monoisotopic (exact) mass is 238 g/mol. The zero-order valence-corrected chi connectivity index (χ0v) is 10.2. The average molecular weight is 238 g/mol. The lowest BCUT2D eigenvalue weighted by molar-refractivity contribution is -0.0507. The van der Waals surface area contributed by atoms with Crippen LogP contribution in [0.2, 0.25) is 0 Å². The van der Waals surface area contributed by atoms with Crippen molar-refractivity contribution in [3.05, 3.63) is 28.2 Å². The fourth-order valence-corrected chi connectivity index (χ4v) is 2.26. The number of hydrogen-bond acceptors (Lipinski definition) is 4. The van der Waals surface area contributed by atoms with Gasteiger partial charge in [0.25, 0.3) is 5.56 Å². The van der Waals surface area contributed by atoms with E-state index in [1.807, 2.05) is 13.1 Å². The van der Waals surface area contributed by atoms with Gasteiger partial charge in [0.15, 0.2) is 0 Å². The van der Waals surface area contributed by atoms with E-state index in [9.17, 15) is 4.79 Å². The lowest BCUT2D eigenvalue weighted by atomic mass is 10.1. The van der Waals surface area contributed by atoms with E-state index in [1.54, 1.807) is 17.7 Å². The van der Waals surface area contributed by atoms with Crippen molar-refractivity contribution in [2.45, 2.75) is 25.5 Å². The van der Waals surface area contributed by atoms with Crippen LogP contribution in [-0.4, -0.2) is 31.0 Å². The molecule has 1 aliphatic rings. The van der Waals surface area contributed by atoms with Gasteiger partial charge in [0, 0.05) is 19.9 Å². The van der Waals surface area contributed by atoms with Gasteiger partial charge >= 0.3 is 0 Å². The van der Waals surface area contributed by atoms with Gasteiger partial charge in [-0.3, -0.25) is 4.79 Å². The third-order valence-electron chi connectivity index (χ3n) is 3.13. The molecule has 1 aromatic rings. The molecule has 0 amide bonds. The second kappa shape index (κ2) is 4.89. The molecule has 1 aliphatic heterocycles. The van der Waals surface area contributed by atoms with Crippen LogP contribution >= 0.6 is 0 Å². The first-order valence-electron chi connectivity index (χ1n) is 5.72. The largest absolute Gasteiger partial charge is 0.394 e. The third kappa shape index (κ3) is 2.35. The van der Waals surface area contributed by atoms with Gasteiger partial charge in [-0.2, -0.15) is 0 Å². The molecule has 1 fully saturated rings. The first kappa shape index (κ1) is 12.1. The van der Waals surface area contributed by atoms with Crippen LogP contribution in [0.3, 0.4) is 0 Å². The van der Waals surface area contributed by atoms with Gasteiger partial charge in [-0.1, -0.05) is 0 Å². The second-order valence-corrected chi connectivity index (χ2v) is 4.39. The van der Waals surface area contributed by atoms with Gasteiger partial charge in [0.2, 0.25) is 0 Å². The number of ether oxygens (including phenoxy) is 2. The minimum absolute atomic E-state index is 0.00245. The van der Waals surface area contributed by atoms with Crippen LogP contribution in [0.1, 0.15) is 18.0 Å². The summed E-state index contributed by atoms with van der Waals surface area (Å²) < 4.78 is 12.5. The lowest BCUT2D eigenvalue weighted by Crippen LogP contribution is -2.40. The van der Waals surface area contributed by atoms with Crippen LogP contribution in [0.15, 0.2) is 17.1 Å². The van der Waals surface area contributed by atoms with Crippen molar-refractivity contribution in [3.63, 3.8) is 0 Å². The molecule has 2 atom stereocenters. The maximum Gasteiger partial charge on any atom is 0.274 e. The number of nitrogens with two attached hydrogens (primary N) is 1. The molecule has 0 spiro atoms. The smallest absolute Gasteiger partial charge is 0.274 e. The molecule has 0 saturated carbocycles. The Hall–Kier alpha value is -1.33. The first-order chi connectivity index (χ1) is 8.13. The summed E-state index contributed by atoms with van der Waals surface area (Å²) in [4.78, 5) is 12.0. The minimum Gasteiger partial charge on any atom is -0.394 e. The quantitative estimate of drug-likeness (QED) is 0.824.